The average molecular weight is 465 g/mol. The maximum absolute atomic E-state index is 12.4. The number of nitrogens with one attached hydrogen (secondary N) is 2. The van der Waals surface area contributed by atoms with E-state index in [-0.39, 0.29) is 11.7 Å². The fourth-order valence-electron chi connectivity index (χ4n) is 2.98. The van der Waals surface area contributed by atoms with E-state index in [2.05, 4.69) is 25.4 Å². The first-order chi connectivity index (χ1) is 15.3. The second kappa shape index (κ2) is 9.01. The average Bonchev–Trinajstić information content (AvgIpc) is 3.33. The highest BCUT2D eigenvalue weighted by Gasteiger charge is 2.31. The van der Waals surface area contributed by atoms with E-state index in [1.54, 1.807) is 22.9 Å². The normalized spacial score (nSPS) is 11.8. The van der Waals surface area contributed by atoms with Crippen LogP contribution in [0.25, 0.3) is 21.3 Å². The second-order valence-electron chi connectivity index (χ2n) is 6.58. The number of hydrogen-bond acceptors (Lipinski definition) is 7. The van der Waals surface area contributed by atoms with Gasteiger partial charge in [0.2, 0.25) is 5.13 Å². The minimum Gasteiger partial charge on any atom is -0.406 e. The predicted molar refractivity (Wildman–Crippen MR) is 114 cm³/mol. The van der Waals surface area contributed by atoms with E-state index in [1.807, 2.05) is 6.92 Å². The zero-order valence-corrected chi connectivity index (χ0v) is 17.6. The number of nitrogens with zero attached hydrogens (tertiary/aromatic N) is 3. The number of benzene rings is 2. The van der Waals surface area contributed by atoms with Crippen molar-refractivity contribution in [3.63, 3.8) is 0 Å². The zero-order chi connectivity index (χ0) is 22.7. The smallest absolute Gasteiger partial charge is 0.406 e. The van der Waals surface area contributed by atoms with E-state index in [1.165, 1.54) is 35.9 Å². The lowest BCUT2D eigenvalue weighted by Crippen LogP contribution is -2.27. The second-order valence-corrected chi connectivity index (χ2v) is 7.61. The molecule has 12 heteroatoms. The van der Waals surface area contributed by atoms with Crippen molar-refractivity contribution < 1.29 is 27.4 Å². The third kappa shape index (κ3) is 5.08. The summed E-state index contributed by atoms with van der Waals surface area (Å²) in [5.74, 6) is -0.530. The number of amides is 1. The molecule has 4 aromatic rings. The van der Waals surface area contributed by atoms with Gasteiger partial charge < -0.3 is 14.8 Å². The third-order valence-corrected chi connectivity index (χ3v) is 5.28. The monoisotopic (exact) mass is 465 g/mol. The molecular formula is C20H18F3N5O3S. The molecule has 2 aromatic carbocycles. The summed E-state index contributed by atoms with van der Waals surface area (Å²) in [6.45, 7) is 3.32. The van der Waals surface area contributed by atoms with E-state index in [0.29, 0.717) is 51.7 Å². The van der Waals surface area contributed by atoms with Crippen LogP contribution in [0.2, 0.25) is 0 Å². The Morgan fingerprint density at radius 2 is 2.03 bits per heavy atom. The standard InChI is InChI=1S/C20H18F3N5O3S/c1-2-30-8-7-24-18(29)12-3-6-16-15(9-12)25-11-28(16)27-19-26-14-5-4-13(10-17(14)32-19)31-20(21,22)23/h3-6,9-11H,2,7-8H2,1H3,(H,24,29)(H,26,27). The van der Waals surface area contributed by atoms with Crippen molar-refractivity contribution in [2.75, 3.05) is 25.2 Å². The molecule has 8 nitrogen and oxygen atoms in total. The number of alkyl halides is 3. The maximum Gasteiger partial charge on any atom is 0.573 e. The fourth-order valence-corrected chi connectivity index (χ4v) is 3.87. The molecule has 0 radical (unpaired) electrons. The van der Waals surface area contributed by atoms with Gasteiger partial charge in [-0.25, -0.2) is 14.6 Å². The van der Waals surface area contributed by atoms with Gasteiger partial charge in [0, 0.05) is 24.8 Å². The van der Waals surface area contributed by atoms with E-state index < -0.39 is 6.36 Å². The number of anilines is 1. The molecule has 2 aromatic heterocycles. The molecule has 32 heavy (non-hydrogen) atoms. The fraction of sp³-hybridized carbons (Fsp3) is 0.250. The molecule has 168 valence electrons. The van der Waals surface area contributed by atoms with Gasteiger partial charge in [0.15, 0.2) is 0 Å². The molecular weight excluding hydrogens is 447 g/mol. The Kier molecular flexibility index (Phi) is 6.15. The van der Waals surface area contributed by atoms with Gasteiger partial charge in [-0.3, -0.25) is 10.2 Å². The molecule has 0 saturated heterocycles. The van der Waals surface area contributed by atoms with Crippen LogP contribution in [0.15, 0.2) is 42.7 Å². The third-order valence-electron chi connectivity index (χ3n) is 4.36. The number of fused-ring (bicyclic) bond motifs is 2. The Morgan fingerprint density at radius 3 is 2.81 bits per heavy atom. The molecule has 0 saturated carbocycles. The van der Waals surface area contributed by atoms with Gasteiger partial charge in [-0.05, 0) is 37.3 Å². The van der Waals surface area contributed by atoms with Crippen molar-refractivity contribution in [1.82, 2.24) is 20.0 Å². The van der Waals surface area contributed by atoms with Gasteiger partial charge in [-0.15, -0.1) is 13.2 Å². The summed E-state index contributed by atoms with van der Waals surface area (Å²) in [6.07, 6.45) is -3.22. The highest BCUT2D eigenvalue weighted by Crippen LogP contribution is 2.32. The van der Waals surface area contributed by atoms with Gasteiger partial charge in [0.25, 0.3) is 5.91 Å². The summed E-state index contributed by atoms with van der Waals surface area (Å²) in [4.78, 5) is 20.9. The number of imidazole rings is 1. The Balaban J connectivity index is 1.49. The first kappa shape index (κ1) is 21.8. The lowest BCUT2D eigenvalue weighted by Gasteiger charge is -2.07. The molecule has 2 heterocycles. The van der Waals surface area contributed by atoms with Crippen molar-refractivity contribution in [3.8, 4) is 5.75 Å². The van der Waals surface area contributed by atoms with E-state index in [4.69, 9.17) is 4.74 Å². The van der Waals surface area contributed by atoms with E-state index in [0.717, 1.165) is 0 Å². The largest absolute Gasteiger partial charge is 0.573 e. The summed E-state index contributed by atoms with van der Waals surface area (Å²) < 4.78 is 48.6. The maximum atomic E-state index is 12.4. The van der Waals surface area contributed by atoms with Crippen LogP contribution in [0.1, 0.15) is 17.3 Å². The number of carbonyl (C=O) groups excluding carboxylic acids is 1. The van der Waals surface area contributed by atoms with Crippen molar-refractivity contribution in [3.05, 3.63) is 48.3 Å². The van der Waals surface area contributed by atoms with Crippen LogP contribution in [-0.2, 0) is 4.74 Å². The summed E-state index contributed by atoms with van der Waals surface area (Å²) in [5.41, 5.74) is 5.36. The zero-order valence-electron chi connectivity index (χ0n) is 16.8. The van der Waals surface area contributed by atoms with Crippen molar-refractivity contribution in [2.24, 2.45) is 0 Å². The van der Waals surface area contributed by atoms with Crippen molar-refractivity contribution in [2.45, 2.75) is 13.3 Å². The number of halogens is 3. The molecule has 4 rings (SSSR count). The van der Waals surface area contributed by atoms with Crippen LogP contribution in [0, 0.1) is 0 Å². The number of rotatable bonds is 8. The van der Waals surface area contributed by atoms with Gasteiger partial charge in [0.1, 0.15) is 12.1 Å². The van der Waals surface area contributed by atoms with Crippen LogP contribution >= 0.6 is 11.3 Å². The molecule has 1 amide bonds. The molecule has 0 fully saturated rings. The van der Waals surface area contributed by atoms with Gasteiger partial charge in [-0.1, -0.05) is 11.3 Å². The number of ether oxygens (including phenoxy) is 2. The quantitative estimate of drug-likeness (QED) is 0.380. The first-order valence-corrected chi connectivity index (χ1v) is 10.4. The summed E-state index contributed by atoms with van der Waals surface area (Å²) in [6, 6.07) is 9.05. The van der Waals surface area contributed by atoms with Crippen LogP contribution in [-0.4, -0.2) is 46.7 Å². The van der Waals surface area contributed by atoms with Crippen LogP contribution in [0.4, 0.5) is 18.3 Å². The lowest BCUT2D eigenvalue weighted by molar-refractivity contribution is -0.274. The molecule has 2 N–H and O–H groups in total. The van der Waals surface area contributed by atoms with E-state index >= 15 is 0 Å². The highest BCUT2D eigenvalue weighted by atomic mass is 32.1. The predicted octanol–water partition coefficient (Wildman–Crippen LogP) is 4.19. The minimum absolute atomic E-state index is 0.225. The minimum atomic E-state index is -4.76. The molecule has 0 atom stereocenters. The van der Waals surface area contributed by atoms with Crippen molar-refractivity contribution in [1.29, 1.82) is 0 Å². The number of thiazole rings is 1. The first-order valence-electron chi connectivity index (χ1n) is 9.59. The summed E-state index contributed by atoms with van der Waals surface area (Å²) in [7, 11) is 0. The Hall–Kier alpha value is -3.38. The topological polar surface area (TPSA) is 90.3 Å². The Morgan fingerprint density at radius 1 is 1.19 bits per heavy atom. The molecule has 0 spiro atoms. The Labute approximate surface area is 183 Å². The SMILES string of the molecule is CCOCCNC(=O)c1ccc2c(c1)ncn2Nc1nc2ccc(OC(F)(F)F)cc2s1. The van der Waals surface area contributed by atoms with Gasteiger partial charge in [-0.2, -0.15) is 0 Å². The molecule has 0 aliphatic heterocycles. The van der Waals surface area contributed by atoms with Crippen LogP contribution < -0.4 is 15.5 Å². The van der Waals surface area contributed by atoms with Gasteiger partial charge >= 0.3 is 6.36 Å². The molecule has 0 bridgehead atoms. The van der Waals surface area contributed by atoms with E-state index in [9.17, 15) is 18.0 Å². The summed E-state index contributed by atoms with van der Waals surface area (Å²) in [5, 5.41) is 3.23. The number of carbonyl (C=O) groups is 1. The molecule has 0 aliphatic carbocycles. The van der Waals surface area contributed by atoms with Crippen molar-refractivity contribution >= 4 is 43.6 Å². The van der Waals surface area contributed by atoms with Crippen LogP contribution in [0.3, 0.4) is 0 Å². The summed E-state index contributed by atoms with van der Waals surface area (Å²) >= 11 is 1.17. The van der Waals surface area contributed by atoms with Crippen LogP contribution in [0.5, 0.6) is 5.75 Å². The number of hydrogen-bond donors (Lipinski definition) is 2. The van der Waals surface area contributed by atoms with Gasteiger partial charge in [0.05, 0.1) is 27.9 Å². The highest BCUT2D eigenvalue weighted by molar-refractivity contribution is 7.22. The number of aromatic nitrogens is 3. The Bertz CT molecular complexity index is 1250. The molecule has 0 aliphatic rings. The lowest BCUT2D eigenvalue weighted by atomic mass is 10.2. The molecule has 0 unspecified atom stereocenters.